The molecule has 1 rings (SSSR count). The first kappa shape index (κ1) is 10.1. The van der Waals surface area contributed by atoms with E-state index in [1.807, 2.05) is 19.1 Å². The predicted octanol–water partition coefficient (Wildman–Crippen LogP) is 2.42. The van der Waals surface area contributed by atoms with Gasteiger partial charge in [-0.05, 0) is 24.1 Å². The topological polar surface area (TPSA) is 75.1 Å². The first-order valence-electron chi connectivity index (χ1n) is 3.99. The summed E-state index contributed by atoms with van der Waals surface area (Å²) in [5.74, 6) is -0.476. The summed E-state index contributed by atoms with van der Waals surface area (Å²) in [6, 6.07) is 7.05. The maximum absolute atomic E-state index is 11.3. The first-order valence-corrected chi connectivity index (χ1v) is 3.99. The van der Waals surface area contributed by atoms with E-state index in [1.165, 1.54) is 0 Å². The van der Waals surface area contributed by atoms with Crippen LogP contribution in [0.4, 0.5) is 0 Å². The molecule has 14 heavy (non-hydrogen) atoms. The number of hydrogen-bond donors (Lipinski definition) is 0. The molecule has 0 N–H and O–H groups in total. The second-order valence-corrected chi connectivity index (χ2v) is 2.61. The molecule has 0 amide bonds. The van der Waals surface area contributed by atoms with Crippen molar-refractivity contribution in [1.82, 2.24) is 0 Å². The lowest BCUT2D eigenvalue weighted by Gasteiger charge is -2.03. The van der Waals surface area contributed by atoms with E-state index in [-0.39, 0.29) is 6.73 Å². The number of nitrogens with zero attached hydrogens (tertiary/aromatic N) is 3. The van der Waals surface area contributed by atoms with Gasteiger partial charge in [0, 0.05) is 4.91 Å². The van der Waals surface area contributed by atoms with Gasteiger partial charge < -0.3 is 4.74 Å². The summed E-state index contributed by atoms with van der Waals surface area (Å²) in [6.45, 7) is 1.54. The summed E-state index contributed by atoms with van der Waals surface area (Å²) in [7, 11) is 0. The number of esters is 1. The van der Waals surface area contributed by atoms with Crippen LogP contribution in [0.3, 0.4) is 0 Å². The van der Waals surface area contributed by atoms with Crippen molar-refractivity contribution in [1.29, 1.82) is 0 Å². The van der Waals surface area contributed by atoms with Gasteiger partial charge in [-0.1, -0.05) is 23.3 Å². The number of carbonyl (C=O) groups excluding carboxylic acids is 1. The van der Waals surface area contributed by atoms with Gasteiger partial charge in [0.2, 0.25) is 0 Å². The monoisotopic (exact) mass is 191 g/mol. The fourth-order valence-corrected chi connectivity index (χ4v) is 0.993. The second-order valence-electron chi connectivity index (χ2n) is 2.61. The number of ether oxygens (including phenoxy) is 1. The Morgan fingerprint density at radius 2 is 2.29 bits per heavy atom. The molecule has 72 valence electrons. The molecular weight excluding hydrogens is 182 g/mol. The Morgan fingerprint density at radius 3 is 2.93 bits per heavy atom. The Labute approximate surface area is 80.9 Å². The molecule has 0 aliphatic carbocycles. The zero-order valence-corrected chi connectivity index (χ0v) is 7.67. The van der Waals surface area contributed by atoms with E-state index in [1.54, 1.807) is 12.1 Å². The van der Waals surface area contributed by atoms with Crippen LogP contribution in [0.2, 0.25) is 0 Å². The number of rotatable bonds is 3. The average Bonchev–Trinajstić information content (AvgIpc) is 2.18. The molecule has 0 heterocycles. The van der Waals surface area contributed by atoms with E-state index < -0.39 is 5.97 Å². The molecule has 0 aromatic heterocycles. The molecule has 0 saturated carbocycles. The van der Waals surface area contributed by atoms with E-state index in [9.17, 15) is 4.79 Å². The van der Waals surface area contributed by atoms with Gasteiger partial charge in [-0.15, -0.1) is 0 Å². The molecule has 0 radical (unpaired) electrons. The molecule has 0 aliphatic heterocycles. The van der Waals surface area contributed by atoms with E-state index in [4.69, 9.17) is 5.53 Å². The average molecular weight is 191 g/mol. The highest BCUT2D eigenvalue weighted by molar-refractivity contribution is 5.90. The van der Waals surface area contributed by atoms with Gasteiger partial charge >= 0.3 is 5.97 Å². The number of carbonyl (C=O) groups is 1. The van der Waals surface area contributed by atoms with Crippen LogP contribution in [-0.2, 0) is 4.74 Å². The van der Waals surface area contributed by atoms with E-state index in [0.29, 0.717) is 5.56 Å². The minimum atomic E-state index is -0.476. The summed E-state index contributed by atoms with van der Waals surface area (Å²) in [5, 5.41) is 3.10. The summed E-state index contributed by atoms with van der Waals surface area (Å²) >= 11 is 0. The van der Waals surface area contributed by atoms with Crippen molar-refractivity contribution in [3.63, 3.8) is 0 Å². The third-order valence-corrected chi connectivity index (χ3v) is 1.68. The van der Waals surface area contributed by atoms with Gasteiger partial charge in [-0.2, -0.15) is 0 Å². The molecule has 5 nitrogen and oxygen atoms in total. The fraction of sp³-hybridized carbons (Fsp3) is 0.222. The molecule has 0 aliphatic rings. The van der Waals surface area contributed by atoms with Gasteiger partial charge in [0.15, 0.2) is 6.73 Å². The van der Waals surface area contributed by atoms with Crippen molar-refractivity contribution in [3.8, 4) is 0 Å². The zero-order valence-electron chi connectivity index (χ0n) is 7.67. The van der Waals surface area contributed by atoms with Crippen LogP contribution >= 0.6 is 0 Å². The molecule has 0 bridgehead atoms. The molecule has 1 aromatic carbocycles. The lowest BCUT2D eigenvalue weighted by Crippen LogP contribution is -2.06. The Hall–Kier alpha value is -2.00. The van der Waals surface area contributed by atoms with Gasteiger partial charge in [-0.25, -0.2) is 4.79 Å². The van der Waals surface area contributed by atoms with E-state index in [0.717, 1.165) is 5.56 Å². The van der Waals surface area contributed by atoms with Crippen LogP contribution in [0.5, 0.6) is 0 Å². The highest BCUT2D eigenvalue weighted by Crippen LogP contribution is 2.08. The number of hydrogen-bond acceptors (Lipinski definition) is 3. The predicted molar refractivity (Wildman–Crippen MR) is 50.6 cm³/mol. The van der Waals surface area contributed by atoms with Crippen LogP contribution in [-0.4, -0.2) is 12.7 Å². The molecule has 0 saturated heterocycles. The van der Waals surface area contributed by atoms with Crippen molar-refractivity contribution in [2.75, 3.05) is 6.73 Å². The fourth-order valence-electron chi connectivity index (χ4n) is 0.993. The summed E-state index contributed by atoms with van der Waals surface area (Å²) < 4.78 is 4.69. The Bertz CT molecular complexity index is 383. The smallest absolute Gasteiger partial charge is 0.338 e. The minimum Gasteiger partial charge on any atom is -0.456 e. The first-order chi connectivity index (χ1) is 6.75. The van der Waals surface area contributed by atoms with Crippen LogP contribution in [0.15, 0.2) is 29.4 Å². The highest BCUT2D eigenvalue weighted by atomic mass is 16.5. The lowest BCUT2D eigenvalue weighted by atomic mass is 10.1. The van der Waals surface area contributed by atoms with Crippen LogP contribution in [0.25, 0.3) is 10.4 Å². The molecule has 0 spiro atoms. The molecule has 1 aromatic rings. The molecule has 0 unspecified atom stereocenters. The van der Waals surface area contributed by atoms with Crippen molar-refractivity contribution in [2.24, 2.45) is 5.11 Å². The zero-order chi connectivity index (χ0) is 10.4. The quantitative estimate of drug-likeness (QED) is 0.318. The van der Waals surface area contributed by atoms with Gasteiger partial charge in [0.05, 0.1) is 5.56 Å². The van der Waals surface area contributed by atoms with Crippen molar-refractivity contribution >= 4 is 5.97 Å². The third-order valence-electron chi connectivity index (χ3n) is 1.68. The Morgan fingerprint density at radius 1 is 1.57 bits per heavy atom. The number of aryl methyl sites for hydroxylation is 1. The number of azide groups is 1. The van der Waals surface area contributed by atoms with E-state index in [2.05, 4.69) is 14.8 Å². The van der Waals surface area contributed by atoms with Crippen molar-refractivity contribution < 1.29 is 9.53 Å². The van der Waals surface area contributed by atoms with Gasteiger partial charge in [0.1, 0.15) is 0 Å². The molecular formula is C9H9N3O2. The normalized spacial score (nSPS) is 8.93. The molecule has 0 fully saturated rings. The van der Waals surface area contributed by atoms with Gasteiger partial charge in [0.25, 0.3) is 0 Å². The standard InChI is InChI=1S/C9H9N3O2/c1-7-4-2-3-5-8(7)9(13)14-6-11-12-10/h2-5H,6H2,1H3. The largest absolute Gasteiger partial charge is 0.456 e. The SMILES string of the molecule is Cc1ccccc1C(=O)OCN=[N+]=[N-]. The number of benzene rings is 1. The summed E-state index contributed by atoms with van der Waals surface area (Å²) in [5.41, 5.74) is 9.29. The van der Waals surface area contributed by atoms with Crippen LogP contribution < -0.4 is 0 Å². The minimum absolute atomic E-state index is 0.274. The van der Waals surface area contributed by atoms with Crippen LogP contribution in [0, 0.1) is 6.92 Å². The van der Waals surface area contributed by atoms with Crippen molar-refractivity contribution in [2.45, 2.75) is 6.92 Å². The lowest BCUT2D eigenvalue weighted by molar-refractivity contribution is 0.0514. The van der Waals surface area contributed by atoms with E-state index >= 15 is 0 Å². The second kappa shape index (κ2) is 4.89. The Kier molecular flexibility index (Phi) is 3.52. The highest BCUT2D eigenvalue weighted by Gasteiger charge is 2.07. The summed E-state index contributed by atoms with van der Waals surface area (Å²) in [4.78, 5) is 13.8. The van der Waals surface area contributed by atoms with Gasteiger partial charge in [-0.3, -0.25) is 0 Å². The molecule has 5 heteroatoms. The maximum Gasteiger partial charge on any atom is 0.338 e. The third kappa shape index (κ3) is 2.50. The molecule has 0 atom stereocenters. The van der Waals surface area contributed by atoms with Crippen molar-refractivity contribution in [3.05, 3.63) is 45.8 Å². The Balaban J connectivity index is 2.70. The van der Waals surface area contributed by atoms with Crippen LogP contribution in [0.1, 0.15) is 15.9 Å². The maximum atomic E-state index is 11.3. The summed E-state index contributed by atoms with van der Waals surface area (Å²) in [6.07, 6.45) is 0.